The van der Waals surface area contributed by atoms with Crippen LogP contribution in [0.4, 0.5) is 0 Å². The summed E-state index contributed by atoms with van der Waals surface area (Å²) in [5.74, 6) is 2.01. The predicted molar refractivity (Wildman–Crippen MR) is 83.1 cm³/mol. The molecule has 0 bridgehead atoms. The number of fused-ring (bicyclic) bond motifs is 1. The highest BCUT2D eigenvalue weighted by Crippen LogP contribution is 2.37. The van der Waals surface area contributed by atoms with Crippen LogP contribution >= 0.6 is 0 Å². The number of benzene rings is 1. The van der Waals surface area contributed by atoms with Gasteiger partial charge in [-0.1, -0.05) is 38.0 Å². The molecule has 2 nitrogen and oxygen atoms in total. The van der Waals surface area contributed by atoms with E-state index in [9.17, 15) is 0 Å². The molecular weight excluding hydrogens is 246 g/mol. The van der Waals surface area contributed by atoms with E-state index in [0.717, 1.165) is 24.6 Å². The first-order chi connectivity index (χ1) is 9.53. The monoisotopic (exact) mass is 273 g/mol. The second-order valence-electron chi connectivity index (χ2n) is 7.29. The molecule has 0 saturated heterocycles. The lowest BCUT2D eigenvalue weighted by molar-refractivity contribution is 0.137. The maximum Gasteiger partial charge on any atom is 0.127 e. The van der Waals surface area contributed by atoms with Crippen LogP contribution in [0.5, 0.6) is 5.75 Å². The predicted octanol–water partition coefficient (Wildman–Crippen LogP) is 4.07. The summed E-state index contributed by atoms with van der Waals surface area (Å²) in [5, 5.41) is 3.75. The van der Waals surface area contributed by atoms with Crippen molar-refractivity contribution in [2.24, 2.45) is 5.92 Å². The van der Waals surface area contributed by atoms with E-state index in [2.05, 4.69) is 44.3 Å². The molecule has 1 heterocycles. The third-order valence-corrected chi connectivity index (χ3v) is 4.69. The lowest BCUT2D eigenvalue weighted by atomic mass is 9.87. The number of hydrogen-bond donors (Lipinski definition) is 1. The molecule has 1 aliphatic carbocycles. The SMILES string of the molecule is CC1CCCC(NCc2cccc3c2OC(C)(C)C3)C1. The standard InChI is InChI=1S/C18H27NO/c1-13-6-4-9-16(10-13)19-12-15-8-5-7-14-11-18(2,3)20-17(14)15/h5,7-8,13,16,19H,4,6,9-12H2,1-3H3. The summed E-state index contributed by atoms with van der Waals surface area (Å²) >= 11 is 0. The Balaban J connectivity index is 1.66. The molecule has 1 aromatic rings. The second-order valence-corrected chi connectivity index (χ2v) is 7.29. The number of para-hydroxylation sites is 1. The first-order valence-electron chi connectivity index (χ1n) is 8.07. The molecule has 0 aromatic heterocycles. The van der Waals surface area contributed by atoms with E-state index in [1.807, 2.05) is 0 Å². The fourth-order valence-electron chi connectivity index (χ4n) is 3.69. The fourth-order valence-corrected chi connectivity index (χ4v) is 3.69. The van der Waals surface area contributed by atoms with E-state index in [-0.39, 0.29) is 5.60 Å². The van der Waals surface area contributed by atoms with Crippen LogP contribution in [0.1, 0.15) is 57.6 Å². The number of ether oxygens (including phenoxy) is 1. The van der Waals surface area contributed by atoms with Crippen LogP contribution < -0.4 is 10.1 Å². The summed E-state index contributed by atoms with van der Waals surface area (Å²) in [7, 11) is 0. The van der Waals surface area contributed by atoms with Crippen molar-refractivity contribution in [3.63, 3.8) is 0 Å². The quantitative estimate of drug-likeness (QED) is 0.896. The molecule has 20 heavy (non-hydrogen) atoms. The molecule has 1 fully saturated rings. The molecule has 1 aromatic carbocycles. The van der Waals surface area contributed by atoms with Crippen molar-refractivity contribution in [2.75, 3.05) is 0 Å². The van der Waals surface area contributed by atoms with Crippen molar-refractivity contribution in [1.82, 2.24) is 5.32 Å². The minimum Gasteiger partial charge on any atom is -0.487 e. The molecule has 110 valence electrons. The highest BCUT2D eigenvalue weighted by Gasteiger charge is 2.31. The van der Waals surface area contributed by atoms with E-state index in [4.69, 9.17) is 4.74 Å². The Kier molecular flexibility index (Phi) is 3.76. The topological polar surface area (TPSA) is 21.3 Å². The highest BCUT2D eigenvalue weighted by molar-refractivity contribution is 5.45. The normalized spacial score (nSPS) is 27.9. The Hall–Kier alpha value is -1.02. The van der Waals surface area contributed by atoms with Crippen molar-refractivity contribution in [1.29, 1.82) is 0 Å². The van der Waals surface area contributed by atoms with Gasteiger partial charge in [0.1, 0.15) is 11.4 Å². The lowest BCUT2D eigenvalue weighted by Gasteiger charge is -2.28. The van der Waals surface area contributed by atoms with Gasteiger partial charge in [-0.3, -0.25) is 0 Å². The van der Waals surface area contributed by atoms with Gasteiger partial charge in [0.2, 0.25) is 0 Å². The van der Waals surface area contributed by atoms with Gasteiger partial charge in [0.15, 0.2) is 0 Å². The van der Waals surface area contributed by atoms with E-state index in [1.165, 1.54) is 36.8 Å². The maximum absolute atomic E-state index is 6.15. The van der Waals surface area contributed by atoms with Gasteiger partial charge >= 0.3 is 0 Å². The van der Waals surface area contributed by atoms with Crippen molar-refractivity contribution in [3.05, 3.63) is 29.3 Å². The van der Waals surface area contributed by atoms with E-state index < -0.39 is 0 Å². The first-order valence-corrected chi connectivity index (χ1v) is 8.07. The van der Waals surface area contributed by atoms with Crippen LogP contribution in [-0.2, 0) is 13.0 Å². The Morgan fingerprint density at radius 2 is 2.15 bits per heavy atom. The van der Waals surface area contributed by atoms with Crippen LogP contribution in [0.2, 0.25) is 0 Å². The third kappa shape index (κ3) is 3.01. The van der Waals surface area contributed by atoms with E-state index in [1.54, 1.807) is 0 Å². The second kappa shape index (κ2) is 5.40. The fraction of sp³-hybridized carbons (Fsp3) is 0.667. The number of nitrogens with one attached hydrogen (secondary N) is 1. The highest BCUT2D eigenvalue weighted by atomic mass is 16.5. The maximum atomic E-state index is 6.15. The molecule has 0 spiro atoms. The van der Waals surface area contributed by atoms with E-state index in [0.29, 0.717) is 6.04 Å². The van der Waals surface area contributed by atoms with Crippen LogP contribution in [0.15, 0.2) is 18.2 Å². The van der Waals surface area contributed by atoms with Gasteiger partial charge in [0.05, 0.1) is 0 Å². The Morgan fingerprint density at radius 3 is 2.95 bits per heavy atom. The van der Waals surface area contributed by atoms with Gasteiger partial charge in [-0.25, -0.2) is 0 Å². The zero-order valence-electron chi connectivity index (χ0n) is 13.0. The Labute approximate surface area is 122 Å². The average Bonchev–Trinajstić information content (AvgIpc) is 2.71. The van der Waals surface area contributed by atoms with Gasteiger partial charge < -0.3 is 10.1 Å². The summed E-state index contributed by atoms with van der Waals surface area (Å²) in [5.41, 5.74) is 2.65. The first kappa shape index (κ1) is 13.9. The van der Waals surface area contributed by atoms with Gasteiger partial charge in [0, 0.05) is 24.6 Å². The molecule has 2 unspecified atom stereocenters. The van der Waals surface area contributed by atoms with Crippen molar-refractivity contribution in [3.8, 4) is 5.75 Å². The zero-order chi connectivity index (χ0) is 14.2. The van der Waals surface area contributed by atoms with E-state index >= 15 is 0 Å². The minimum absolute atomic E-state index is 0.0439. The molecule has 1 aliphatic heterocycles. The molecule has 2 aliphatic rings. The Bertz CT molecular complexity index is 480. The van der Waals surface area contributed by atoms with Gasteiger partial charge in [0.25, 0.3) is 0 Å². The summed E-state index contributed by atoms with van der Waals surface area (Å²) in [4.78, 5) is 0. The molecule has 2 heteroatoms. The molecule has 1 saturated carbocycles. The molecule has 1 N–H and O–H groups in total. The Morgan fingerprint density at radius 1 is 1.30 bits per heavy atom. The molecular formula is C18H27NO. The van der Waals surface area contributed by atoms with Crippen molar-refractivity contribution in [2.45, 2.75) is 71.1 Å². The average molecular weight is 273 g/mol. The third-order valence-electron chi connectivity index (χ3n) is 4.69. The molecule has 2 atom stereocenters. The van der Waals surface area contributed by atoms with Crippen LogP contribution in [-0.4, -0.2) is 11.6 Å². The van der Waals surface area contributed by atoms with Gasteiger partial charge in [-0.2, -0.15) is 0 Å². The summed E-state index contributed by atoms with van der Waals surface area (Å²) in [6, 6.07) is 7.27. The van der Waals surface area contributed by atoms with Crippen LogP contribution in [0, 0.1) is 5.92 Å². The van der Waals surface area contributed by atoms with Crippen molar-refractivity contribution >= 4 is 0 Å². The summed E-state index contributed by atoms with van der Waals surface area (Å²) in [6.45, 7) is 7.66. The van der Waals surface area contributed by atoms with Gasteiger partial charge in [-0.15, -0.1) is 0 Å². The van der Waals surface area contributed by atoms with Crippen molar-refractivity contribution < 1.29 is 4.74 Å². The van der Waals surface area contributed by atoms with Crippen LogP contribution in [0.3, 0.4) is 0 Å². The zero-order valence-corrected chi connectivity index (χ0v) is 13.0. The summed E-state index contributed by atoms with van der Waals surface area (Å²) < 4.78 is 6.15. The molecule has 3 rings (SSSR count). The minimum atomic E-state index is -0.0439. The largest absolute Gasteiger partial charge is 0.487 e. The smallest absolute Gasteiger partial charge is 0.127 e. The summed E-state index contributed by atoms with van der Waals surface area (Å²) in [6.07, 6.45) is 6.44. The molecule has 0 amide bonds. The molecule has 0 radical (unpaired) electrons. The lowest BCUT2D eigenvalue weighted by Crippen LogP contribution is -2.33. The number of rotatable bonds is 3. The number of hydrogen-bond acceptors (Lipinski definition) is 2. The van der Waals surface area contributed by atoms with Crippen LogP contribution in [0.25, 0.3) is 0 Å². The van der Waals surface area contributed by atoms with Gasteiger partial charge in [-0.05, 0) is 38.2 Å².